The van der Waals surface area contributed by atoms with Crippen LogP contribution in [-0.4, -0.2) is 44.4 Å². The second-order valence-corrected chi connectivity index (χ2v) is 3.92. The van der Waals surface area contributed by atoms with Crippen molar-refractivity contribution in [1.29, 1.82) is 0 Å². The summed E-state index contributed by atoms with van der Waals surface area (Å²) < 4.78 is 1.88. The van der Waals surface area contributed by atoms with Crippen molar-refractivity contribution in [3.63, 3.8) is 0 Å². The Kier molecular flexibility index (Phi) is 2.74. The molecule has 2 rings (SSSR count). The van der Waals surface area contributed by atoms with Gasteiger partial charge in [-0.25, -0.2) is 4.98 Å². The van der Waals surface area contributed by atoms with Gasteiger partial charge in [-0.2, -0.15) is 0 Å². The number of fused-ring (bicyclic) bond motifs is 1. The first-order valence-corrected chi connectivity index (χ1v) is 5.15. The van der Waals surface area contributed by atoms with Gasteiger partial charge in [-0.3, -0.25) is 4.40 Å². The highest BCUT2D eigenvalue weighted by atomic mass is 16.3. The summed E-state index contributed by atoms with van der Waals surface area (Å²) in [7, 11) is 1.87. The van der Waals surface area contributed by atoms with Gasteiger partial charge in [-0.1, -0.05) is 0 Å². The van der Waals surface area contributed by atoms with Gasteiger partial charge in [0.05, 0.1) is 6.10 Å². The maximum atomic E-state index is 9.35. The van der Waals surface area contributed by atoms with Crippen LogP contribution in [0.5, 0.6) is 0 Å². The van der Waals surface area contributed by atoms with Crippen molar-refractivity contribution < 1.29 is 5.11 Å². The van der Waals surface area contributed by atoms with E-state index in [2.05, 4.69) is 15.2 Å². The molecule has 1 atom stereocenters. The normalized spacial score (nSPS) is 13.0. The van der Waals surface area contributed by atoms with Crippen LogP contribution in [-0.2, 0) is 0 Å². The van der Waals surface area contributed by atoms with Crippen molar-refractivity contribution in [2.24, 2.45) is 0 Å². The quantitative estimate of drug-likeness (QED) is 0.804. The summed E-state index contributed by atoms with van der Waals surface area (Å²) in [5, 5.41) is 17.4. The van der Waals surface area contributed by atoms with E-state index in [4.69, 9.17) is 0 Å². The number of likely N-dealkylation sites (N-methyl/N-ethyl adjacent to an activating group) is 1. The van der Waals surface area contributed by atoms with Gasteiger partial charge in [0.2, 0.25) is 5.65 Å². The minimum absolute atomic E-state index is 0.406. The molecule has 0 aliphatic carbocycles. The van der Waals surface area contributed by atoms with Gasteiger partial charge >= 0.3 is 0 Å². The Morgan fingerprint density at radius 3 is 2.94 bits per heavy atom. The molecule has 1 unspecified atom stereocenters. The number of anilines is 1. The molecule has 0 fully saturated rings. The Morgan fingerprint density at radius 2 is 2.25 bits per heavy atom. The molecule has 0 saturated heterocycles. The Labute approximate surface area is 93.6 Å². The number of aryl methyl sites for hydroxylation is 1. The van der Waals surface area contributed by atoms with Gasteiger partial charge in [0.15, 0.2) is 5.82 Å². The lowest BCUT2D eigenvalue weighted by Gasteiger charge is -2.19. The van der Waals surface area contributed by atoms with Crippen LogP contribution in [0.2, 0.25) is 0 Å². The first-order valence-electron chi connectivity index (χ1n) is 5.15. The lowest BCUT2D eigenvalue weighted by Crippen LogP contribution is -2.28. The average molecular weight is 221 g/mol. The molecule has 86 valence electrons. The highest BCUT2D eigenvalue weighted by Gasteiger charge is 2.12. The van der Waals surface area contributed by atoms with Crippen LogP contribution in [0.3, 0.4) is 0 Å². The molecule has 2 aromatic heterocycles. The number of rotatable bonds is 3. The Balaban J connectivity index is 2.44. The fourth-order valence-electron chi connectivity index (χ4n) is 1.68. The van der Waals surface area contributed by atoms with Crippen molar-refractivity contribution >= 4 is 11.5 Å². The average Bonchev–Trinajstić information content (AvgIpc) is 2.59. The van der Waals surface area contributed by atoms with Crippen LogP contribution in [0.25, 0.3) is 5.65 Å². The molecule has 0 amide bonds. The molecule has 0 bridgehead atoms. The van der Waals surface area contributed by atoms with Gasteiger partial charge < -0.3 is 10.0 Å². The molecule has 0 aliphatic heterocycles. The van der Waals surface area contributed by atoms with Crippen LogP contribution in [0.4, 0.5) is 5.82 Å². The number of aromatic nitrogens is 4. The molecule has 0 saturated carbocycles. The first-order chi connectivity index (χ1) is 7.59. The molecule has 6 nitrogen and oxygen atoms in total. The largest absolute Gasteiger partial charge is 0.392 e. The van der Waals surface area contributed by atoms with Crippen molar-refractivity contribution in [2.45, 2.75) is 20.0 Å². The molecular weight excluding hydrogens is 206 g/mol. The van der Waals surface area contributed by atoms with E-state index in [-0.39, 0.29) is 0 Å². The zero-order valence-electron chi connectivity index (χ0n) is 9.62. The lowest BCUT2D eigenvalue weighted by atomic mass is 10.4. The van der Waals surface area contributed by atoms with E-state index >= 15 is 0 Å². The SMILES string of the molecule is Cc1nnc2c(N(C)CC(C)O)nccn12. The maximum absolute atomic E-state index is 9.35. The van der Waals surface area contributed by atoms with E-state index in [0.717, 1.165) is 11.6 Å². The monoisotopic (exact) mass is 221 g/mol. The number of aliphatic hydroxyl groups is 1. The molecule has 6 heteroatoms. The summed E-state index contributed by atoms with van der Waals surface area (Å²) in [6.07, 6.45) is 3.12. The molecule has 0 aromatic carbocycles. The molecule has 0 radical (unpaired) electrons. The molecule has 1 N–H and O–H groups in total. The minimum atomic E-state index is -0.406. The Bertz CT molecular complexity index is 493. The third kappa shape index (κ3) is 1.83. The van der Waals surface area contributed by atoms with E-state index in [1.54, 1.807) is 13.1 Å². The van der Waals surface area contributed by atoms with Crippen LogP contribution in [0, 0.1) is 6.92 Å². The molecular formula is C10H15N5O. The minimum Gasteiger partial charge on any atom is -0.392 e. The fraction of sp³-hybridized carbons (Fsp3) is 0.500. The van der Waals surface area contributed by atoms with E-state index in [1.807, 2.05) is 29.5 Å². The smallest absolute Gasteiger partial charge is 0.203 e. The zero-order valence-corrected chi connectivity index (χ0v) is 9.62. The third-order valence-corrected chi connectivity index (χ3v) is 2.38. The van der Waals surface area contributed by atoms with E-state index in [0.29, 0.717) is 12.2 Å². The number of hydrogen-bond donors (Lipinski definition) is 1. The maximum Gasteiger partial charge on any atom is 0.203 e. The van der Waals surface area contributed by atoms with Crippen LogP contribution in [0.1, 0.15) is 12.7 Å². The molecule has 16 heavy (non-hydrogen) atoms. The number of aliphatic hydroxyl groups excluding tert-OH is 1. The standard InChI is InChI=1S/C10H15N5O/c1-7(16)6-14(3)9-10-13-12-8(2)15(10)5-4-11-9/h4-5,7,16H,6H2,1-3H3. The summed E-state index contributed by atoms with van der Waals surface area (Å²) >= 11 is 0. The van der Waals surface area contributed by atoms with Crippen LogP contribution in [0.15, 0.2) is 12.4 Å². The third-order valence-electron chi connectivity index (χ3n) is 2.38. The highest BCUT2D eigenvalue weighted by molar-refractivity contribution is 5.63. The Hall–Kier alpha value is -1.69. The highest BCUT2D eigenvalue weighted by Crippen LogP contribution is 2.15. The summed E-state index contributed by atoms with van der Waals surface area (Å²) in [6, 6.07) is 0. The van der Waals surface area contributed by atoms with Crippen molar-refractivity contribution in [3.8, 4) is 0 Å². The molecule has 2 aromatic rings. The molecule has 2 heterocycles. The number of nitrogens with zero attached hydrogens (tertiary/aromatic N) is 5. The van der Waals surface area contributed by atoms with E-state index < -0.39 is 6.10 Å². The van der Waals surface area contributed by atoms with Gasteiger partial charge in [-0.15, -0.1) is 10.2 Å². The van der Waals surface area contributed by atoms with Crippen LogP contribution < -0.4 is 4.90 Å². The summed E-state index contributed by atoms with van der Waals surface area (Å²) in [5.74, 6) is 1.55. The fourth-order valence-corrected chi connectivity index (χ4v) is 1.68. The molecule has 0 aliphatic rings. The van der Waals surface area contributed by atoms with Gasteiger partial charge in [-0.05, 0) is 13.8 Å². The van der Waals surface area contributed by atoms with Crippen molar-refractivity contribution in [1.82, 2.24) is 19.6 Å². The topological polar surface area (TPSA) is 66.5 Å². The Morgan fingerprint density at radius 1 is 1.50 bits per heavy atom. The van der Waals surface area contributed by atoms with Gasteiger partial charge in [0.25, 0.3) is 0 Å². The van der Waals surface area contributed by atoms with Crippen molar-refractivity contribution in [2.75, 3.05) is 18.5 Å². The second-order valence-electron chi connectivity index (χ2n) is 3.92. The summed E-state index contributed by atoms with van der Waals surface area (Å²) in [5.41, 5.74) is 0.711. The molecule has 0 spiro atoms. The first kappa shape index (κ1) is 10.8. The predicted octanol–water partition coefficient (Wildman–Crippen LogP) is 0.250. The van der Waals surface area contributed by atoms with E-state index in [1.165, 1.54) is 0 Å². The summed E-state index contributed by atoms with van der Waals surface area (Å²) in [4.78, 5) is 6.13. The predicted molar refractivity (Wildman–Crippen MR) is 60.5 cm³/mol. The van der Waals surface area contributed by atoms with Gasteiger partial charge in [0, 0.05) is 26.0 Å². The number of hydrogen-bond acceptors (Lipinski definition) is 5. The summed E-state index contributed by atoms with van der Waals surface area (Å²) in [6.45, 7) is 4.14. The van der Waals surface area contributed by atoms with Crippen molar-refractivity contribution in [3.05, 3.63) is 18.2 Å². The van der Waals surface area contributed by atoms with E-state index in [9.17, 15) is 5.11 Å². The second kappa shape index (κ2) is 4.05. The van der Waals surface area contributed by atoms with Gasteiger partial charge in [0.1, 0.15) is 5.82 Å². The zero-order chi connectivity index (χ0) is 11.7. The van der Waals surface area contributed by atoms with Crippen LogP contribution >= 0.6 is 0 Å². The lowest BCUT2D eigenvalue weighted by molar-refractivity contribution is 0.201.